The van der Waals surface area contributed by atoms with E-state index in [-0.39, 0.29) is 12.2 Å². The number of hydrogen-bond acceptors (Lipinski definition) is 4. The van der Waals surface area contributed by atoms with Crippen molar-refractivity contribution in [2.75, 3.05) is 11.9 Å². The summed E-state index contributed by atoms with van der Waals surface area (Å²) in [4.78, 5) is 11.6. The molecule has 1 rings (SSSR count). The molecule has 1 unspecified atom stereocenters. The lowest BCUT2D eigenvalue weighted by molar-refractivity contribution is -0.124. The Morgan fingerprint density at radius 1 is 1.38 bits per heavy atom. The zero-order valence-electron chi connectivity index (χ0n) is 11.8. The van der Waals surface area contributed by atoms with E-state index in [1.165, 1.54) is 18.2 Å². The molecule has 0 aromatic heterocycles. The third-order valence-corrected chi connectivity index (χ3v) is 4.89. The van der Waals surface area contributed by atoms with E-state index in [4.69, 9.17) is 5.73 Å². The summed E-state index contributed by atoms with van der Waals surface area (Å²) < 4.78 is 48.5. The monoisotopic (exact) mass is 320 g/mol. The molecule has 1 atom stereocenters. The smallest absolute Gasteiger partial charge is 0.329 e. The topological polar surface area (TPSA) is 89.3 Å². The van der Waals surface area contributed by atoms with E-state index >= 15 is 0 Å². The standard InChI is InChI=1S/C13H18F2N2O3S/c1-3-13(2,8-16)11(18)17-9-6-4-5-7-10(9)21(19,20)12(14)15/h4-7,12H,3,8,16H2,1-2H3,(H,17,18). The first-order valence-electron chi connectivity index (χ1n) is 6.31. The van der Waals surface area contributed by atoms with Gasteiger partial charge in [0.2, 0.25) is 15.7 Å². The maximum absolute atomic E-state index is 12.7. The van der Waals surface area contributed by atoms with Crippen LogP contribution in [0.15, 0.2) is 29.2 Å². The van der Waals surface area contributed by atoms with E-state index in [9.17, 15) is 22.0 Å². The van der Waals surface area contributed by atoms with Crippen molar-refractivity contribution in [1.82, 2.24) is 0 Å². The summed E-state index contributed by atoms with van der Waals surface area (Å²) in [5.41, 5.74) is 4.47. The van der Waals surface area contributed by atoms with Crippen LogP contribution >= 0.6 is 0 Å². The van der Waals surface area contributed by atoms with Gasteiger partial charge in [0.25, 0.3) is 0 Å². The highest BCUT2D eigenvalue weighted by atomic mass is 32.2. The van der Waals surface area contributed by atoms with Crippen molar-refractivity contribution in [2.45, 2.75) is 30.9 Å². The zero-order valence-corrected chi connectivity index (χ0v) is 12.6. The molecule has 5 nitrogen and oxygen atoms in total. The van der Waals surface area contributed by atoms with Crippen LogP contribution in [0.1, 0.15) is 20.3 Å². The largest absolute Gasteiger partial charge is 0.341 e. The number of hydrogen-bond donors (Lipinski definition) is 2. The van der Waals surface area contributed by atoms with Gasteiger partial charge in [0, 0.05) is 6.54 Å². The lowest BCUT2D eigenvalue weighted by Gasteiger charge is -2.25. The Bertz CT molecular complexity index is 614. The second-order valence-electron chi connectivity index (χ2n) is 4.87. The molecule has 3 N–H and O–H groups in total. The molecular weight excluding hydrogens is 302 g/mol. The first-order valence-corrected chi connectivity index (χ1v) is 7.86. The maximum Gasteiger partial charge on any atom is 0.341 e. The Balaban J connectivity index is 3.21. The van der Waals surface area contributed by atoms with Crippen LogP contribution in [0.4, 0.5) is 14.5 Å². The lowest BCUT2D eigenvalue weighted by Crippen LogP contribution is -2.39. The summed E-state index contributed by atoms with van der Waals surface area (Å²) in [7, 11) is -4.79. The highest BCUT2D eigenvalue weighted by Gasteiger charge is 2.33. The van der Waals surface area contributed by atoms with Crippen LogP contribution < -0.4 is 11.1 Å². The van der Waals surface area contributed by atoms with Gasteiger partial charge in [0.05, 0.1) is 16.0 Å². The maximum atomic E-state index is 12.7. The Labute approximate surface area is 122 Å². The third kappa shape index (κ3) is 3.56. The zero-order chi connectivity index (χ0) is 16.3. The Hall–Kier alpha value is -1.54. The summed E-state index contributed by atoms with van der Waals surface area (Å²) in [5, 5.41) is 2.38. The quantitative estimate of drug-likeness (QED) is 0.839. The third-order valence-electron chi connectivity index (χ3n) is 3.46. The van der Waals surface area contributed by atoms with Crippen LogP contribution in [0, 0.1) is 5.41 Å². The number of nitrogens with one attached hydrogen (secondary N) is 1. The van der Waals surface area contributed by atoms with E-state index in [1.807, 2.05) is 0 Å². The molecule has 0 aliphatic rings. The molecule has 1 amide bonds. The van der Waals surface area contributed by atoms with Crippen LogP contribution in [-0.4, -0.2) is 26.6 Å². The molecule has 0 fully saturated rings. The van der Waals surface area contributed by atoms with Crippen molar-refractivity contribution in [3.05, 3.63) is 24.3 Å². The van der Waals surface area contributed by atoms with Crippen molar-refractivity contribution in [3.8, 4) is 0 Å². The first-order chi connectivity index (χ1) is 9.69. The molecule has 8 heteroatoms. The first kappa shape index (κ1) is 17.5. The van der Waals surface area contributed by atoms with E-state index in [1.54, 1.807) is 13.8 Å². The summed E-state index contributed by atoms with van der Waals surface area (Å²) >= 11 is 0. The van der Waals surface area contributed by atoms with Gasteiger partial charge in [-0.2, -0.15) is 8.78 Å². The van der Waals surface area contributed by atoms with Crippen molar-refractivity contribution in [1.29, 1.82) is 0 Å². The van der Waals surface area contributed by atoms with Crippen LogP contribution in [0.25, 0.3) is 0 Å². The Kier molecular flexibility index (Phi) is 5.41. The van der Waals surface area contributed by atoms with E-state index in [2.05, 4.69) is 5.32 Å². The number of benzene rings is 1. The fourth-order valence-electron chi connectivity index (χ4n) is 1.58. The van der Waals surface area contributed by atoms with E-state index in [0.29, 0.717) is 6.42 Å². The Morgan fingerprint density at radius 2 is 1.95 bits per heavy atom. The van der Waals surface area contributed by atoms with Crippen LogP contribution in [0.5, 0.6) is 0 Å². The molecule has 0 radical (unpaired) electrons. The van der Waals surface area contributed by atoms with Gasteiger partial charge in [-0.25, -0.2) is 8.42 Å². The second kappa shape index (κ2) is 6.48. The molecule has 0 aliphatic carbocycles. The SMILES string of the molecule is CCC(C)(CN)C(=O)Nc1ccccc1S(=O)(=O)C(F)F. The van der Waals surface area contributed by atoms with Gasteiger partial charge >= 0.3 is 5.76 Å². The number of rotatable bonds is 6. The van der Waals surface area contributed by atoms with E-state index < -0.39 is 31.8 Å². The van der Waals surface area contributed by atoms with Gasteiger partial charge in [-0.3, -0.25) is 4.79 Å². The minimum absolute atomic E-state index is 0.0547. The lowest BCUT2D eigenvalue weighted by atomic mass is 9.86. The van der Waals surface area contributed by atoms with Crippen molar-refractivity contribution in [3.63, 3.8) is 0 Å². The number of alkyl halides is 2. The highest BCUT2D eigenvalue weighted by molar-refractivity contribution is 7.91. The molecule has 118 valence electrons. The number of nitrogens with two attached hydrogens (primary N) is 1. The number of amides is 1. The van der Waals surface area contributed by atoms with Gasteiger partial charge < -0.3 is 11.1 Å². The minimum Gasteiger partial charge on any atom is -0.329 e. The van der Waals surface area contributed by atoms with E-state index in [0.717, 1.165) is 6.07 Å². The normalized spacial score (nSPS) is 14.8. The number of sulfone groups is 1. The molecule has 0 aliphatic heterocycles. The molecule has 1 aromatic carbocycles. The average molecular weight is 320 g/mol. The second-order valence-corrected chi connectivity index (χ2v) is 6.76. The highest BCUT2D eigenvalue weighted by Crippen LogP contribution is 2.28. The number of anilines is 1. The molecular formula is C13H18F2N2O3S. The number of carbonyl (C=O) groups is 1. The molecule has 0 saturated carbocycles. The number of halogens is 2. The molecule has 0 bridgehead atoms. The summed E-state index contributed by atoms with van der Waals surface area (Å²) in [6.07, 6.45) is 0.430. The fourth-order valence-corrected chi connectivity index (χ4v) is 2.47. The Morgan fingerprint density at radius 3 is 2.43 bits per heavy atom. The summed E-state index contributed by atoms with van der Waals surface area (Å²) in [6, 6.07) is 5.06. The van der Waals surface area contributed by atoms with Crippen LogP contribution in [0.3, 0.4) is 0 Å². The fraction of sp³-hybridized carbons (Fsp3) is 0.462. The average Bonchev–Trinajstić information content (AvgIpc) is 2.46. The predicted octanol–water partition coefficient (Wildman–Crippen LogP) is 2.00. The van der Waals surface area contributed by atoms with Gasteiger partial charge in [-0.05, 0) is 25.5 Å². The molecule has 0 heterocycles. The van der Waals surface area contributed by atoms with Crippen LogP contribution in [0.2, 0.25) is 0 Å². The number of carbonyl (C=O) groups excluding carboxylic acids is 1. The summed E-state index contributed by atoms with van der Waals surface area (Å²) in [5.74, 6) is -4.06. The van der Waals surface area contributed by atoms with Gasteiger partial charge in [-0.15, -0.1) is 0 Å². The van der Waals surface area contributed by atoms with Crippen molar-refractivity contribution < 1.29 is 22.0 Å². The van der Waals surface area contributed by atoms with Crippen molar-refractivity contribution in [2.24, 2.45) is 11.1 Å². The summed E-state index contributed by atoms with van der Waals surface area (Å²) in [6.45, 7) is 3.43. The molecule has 21 heavy (non-hydrogen) atoms. The molecule has 0 spiro atoms. The van der Waals surface area contributed by atoms with Crippen LogP contribution in [-0.2, 0) is 14.6 Å². The molecule has 0 saturated heterocycles. The minimum atomic E-state index is -4.79. The van der Waals surface area contributed by atoms with Crippen molar-refractivity contribution >= 4 is 21.4 Å². The predicted molar refractivity (Wildman–Crippen MR) is 75.7 cm³/mol. The molecule has 1 aromatic rings. The van der Waals surface area contributed by atoms with Gasteiger partial charge in [0.15, 0.2) is 0 Å². The van der Waals surface area contributed by atoms with Gasteiger partial charge in [0.1, 0.15) is 0 Å². The number of para-hydroxylation sites is 1. The van der Waals surface area contributed by atoms with Gasteiger partial charge in [-0.1, -0.05) is 19.1 Å².